The molecule has 0 aliphatic heterocycles. The maximum absolute atomic E-state index is 12.3. The lowest BCUT2D eigenvalue weighted by atomic mass is 9.96. The second kappa shape index (κ2) is 9.65. The summed E-state index contributed by atoms with van der Waals surface area (Å²) in [6, 6.07) is 7.35. The molecule has 0 bridgehead atoms. The number of nitrogens with zero attached hydrogens (tertiary/aromatic N) is 1. The fraction of sp³-hybridized carbons (Fsp3) is 0.429. The average molecular weight is 416 g/mol. The fourth-order valence-electron chi connectivity index (χ4n) is 3.15. The van der Waals surface area contributed by atoms with Crippen molar-refractivity contribution in [1.29, 1.82) is 0 Å². The summed E-state index contributed by atoms with van der Waals surface area (Å²) in [6.45, 7) is 3.42. The van der Waals surface area contributed by atoms with E-state index >= 15 is 0 Å². The van der Waals surface area contributed by atoms with Gasteiger partial charge in [-0.15, -0.1) is 11.3 Å². The molecular formula is C21H25N3O4S. The molecule has 3 rings (SSSR count). The van der Waals surface area contributed by atoms with Gasteiger partial charge in [-0.2, -0.15) is 0 Å². The standard InChI is InChI=1S/C21H25N3O4S/c1-13-8-10-15(11-9-13)19-23-17(12-29-19)20(26)28-14(2)18(25)24-21(27)22-16-6-4-3-5-7-16/h8-12,14,16H,3-7H2,1-2H3,(H2,22,24,25,27)/t14-/m1/s1. The zero-order chi connectivity index (χ0) is 20.8. The minimum Gasteiger partial charge on any atom is -0.448 e. The summed E-state index contributed by atoms with van der Waals surface area (Å²) in [4.78, 5) is 40.7. The number of hydrogen-bond acceptors (Lipinski definition) is 6. The van der Waals surface area contributed by atoms with E-state index in [1.807, 2.05) is 31.2 Å². The van der Waals surface area contributed by atoms with Gasteiger partial charge in [-0.3, -0.25) is 10.1 Å². The highest BCUT2D eigenvalue weighted by molar-refractivity contribution is 7.13. The van der Waals surface area contributed by atoms with E-state index in [1.54, 1.807) is 5.38 Å². The van der Waals surface area contributed by atoms with Gasteiger partial charge in [-0.05, 0) is 26.7 Å². The second-order valence-corrected chi connectivity index (χ2v) is 8.11. The predicted octanol–water partition coefficient (Wildman–Crippen LogP) is 3.82. The Hall–Kier alpha value is -2.74. The Labute approximate surface area is 173 Å². The van der Waals surface area contributed by atoms with E-state index in [2.05, 4.69) is 15.6 Å². The van der Waals surface area contributed by atoms with Gasteiger partial charge in [-0.25, -0.2) is 14.6 Å². The fourth-order valence-corrected chi connectivity index (χ4v) is 3.95. The summed E-state index contributed by atoms with van der Waals surface area (Å²) in [5.41, 5.74) is 2.18. The molecule has 1 aliphatic carbocycles. The highest BCUT2D eigenvalue weighted by Crippen LogP contribution is 2.24. The molecule has 1 fully saturated rings. The topological polar surface area (TPSA) is 97.4 Å². The molecule has 1 aromatic heterocycles. The Kier molecular flexibility index (Phi) is 6.98. The van der Waals surface area contributed by atoms with Crippen LogP contribution in [0.3, 0.4) is 0 Å². The van der Waals surface area contributed by atoms with Crippen LogP contribution in [0.15, 0.2) is 29.6 Å². The molecule has 7 nitrogen and oxygen atoms in total. The summed E-state index contributed by atoms with van der Waals surface area (Å²) in [6.07, 6.45) is 4.05. The summed E-state index contributed by atoms with van der Waals surface area (Å²) < 4.78 is 5.17. The predicted molar refractivity (Wildman–Crippen MR) is 111 cm³/mol. The van der Waals surface area contributed by atoms with Crippen LogP contribution in [0.4, 0.5) is 4.79 Å². The number of carbonyl (C=O) groups excluding carboxylic acids is 3. The monoisotopic (exact) mass is 415 g/mol. The van der Waals surface area contributed by atoms with E-state index in [0.29, 0.717) is 5.01 Å². The first-order valence-electron chi connectivity index (χ1n) is 9.77. The molecule has 1 aromatic carbocycles. The average Bonchev–Trinajstić information content (AvgIpc) is 3.19. The van der Waals surface area contributed by atoms with Crippen LogP contribution in [-0.4, -0.2) is 35.0 Å². The first-order chi connectivity index (χ1) is 13.9. The smallest absolute Gasteiger partial charge is 0.358 e. The van der Waals surface area contributed by atoms with Gasteiger partial charge in [0.15, 0.2) is 11.8 Å². The van der Waals surface area contributed by atoms with Crippen molar-refractivity contribution >= 4 is 29.2 Å². The number of urea groups is 1. The van der Waals surface area contributed by atoms with Crippen molar-refractivity contribution in [3.05, 3.63) is 40.9 Å². The molecule has 0 saturated heterocycles. The van der Waals surface area contributed by atoms with Crippen LogP contribution in [0.1, 0.15) is 55.1 Å². The maximum atomic E-state index is 12.3. The Balaban J connectivity index is 1.51. The molecule has 3 amide bonds. The quantitative estimate of drug-likeness (QED) is 0.724. The third kappa shape index (κ3) is 5.87. The van der Waals surface area contributed by atoms with Gasteiger partial charge in [0.05, 0.1) is 0 Å². The van der Waals surface area contributed by atoms with E-state index in [-0.39, 0.29) is 11.7 Å². The molecule has 1 heterocycles. The number of aryl methyl sites for hydroxylation is 1. The number of amides is 3. The largest absolute Gasteiger partial charge is 0.448 e. The van der Waals surface area contributed by atoms with Crippen molar-refractivity contribution in [2.75, 3.05) is 0 Å². The minimum atomic E-state index is -1.11. The van der Waals surface area contributed by atoms with E-state index in [4.69, 9.17) is 4.74 Å². The molecule has 8 heteroatoms. The highest BCUT2D eigenvalue weighted by Gasteiger charge is 2.24. The Bertz CT molecular complexity index is 872. The van der Waals surface area contributed by atoms with Gasteiger partial charge in [0.1, 0.15) is 5.01 Å². The van der Waals surface area contributed by atoms with Gasteiger partial charge in [0.25, 0.3) is 5.91 Å². The first-order valence-corrected chi connectivity index (χ1v) is 10.7. The molecular weight excluding hydrogens is 390 g/mol. The van der Waals surface area contributed by atoms with Gasteiger partial charge in [0.2, 0.25) is 0 Å². The third-order valence-electron chi connectivity index (χ3n) is 4.84. The van der Waals surface area contributed by atoms with Crippen LogP contribution >= 0.6 is 11.3 Å². The molecule has 0 radical (unpaired) electrons. The molecule has 1 aliphatic rings. The minimum absolute atomic E-state index is 0.0876. The van der Waals surface area contributed by atoms with Crippen LogP contribution in [0.25, 0.3) is 10.6 Å². The van der Waals surface area contributed by atoms with Crippen molar-refractivity contribution in [3.63, 3.8) is 0 Å². The van der Waals surface area contributed by atoms with Crippen LogP contribution in [0.2, 0.25) is 0 Å². The number of rotatable bonds is 5. The summed E-state index contributed by atoms with van der Waals surface area (Å²) in [5, 5.41) is 7.32. The van der Waals surface area contributed by atoms with Crippen molar-refractivity contribution in [3.8, 4) is 10.6 Å². The Morgan fingerprint density at radius 2 is 1.83 bits per heavy atom. The summed E-state index contributed by atoms with van der Waals surface area (Å²) >= 11 is 1.33. The second-order valence-electron chi connectivity index (χ2n) is 7.25. The number of hydrogen-bond donors (Lipinski definition) is 2. The lowest BCUT2D eigenvalue weighted by molar-refractivity contribution is -0.127. The number of imide groups is 1. The van der Waals surface area contributed by atoms with Gasteiger partial charge in [-0.1, -0.05) is 49.1 Å². The van der Waals surface area contributed by atoms with Gasteiger partial charge >= 0.3 is 12.0 Å². The normalized spacial score (nSPS) is 15.4. The molecule has 154 valence electrons. The van der Waals surface area contributed by atoms with Crippen molar-refractivity contribution in [2.24, 2.45) is 0 Å². The van der Waals surface area contributed by atoms with Crippen LogP contribution < -0.4 is 10.6 Å². The van der Waals surface area contributed by atoms with Crippen LogP contribution in [-0.2, 0) is 9.53 Å². The molecule has 29 heavy (non-hydrogen) atoms. The summed E-state index contributed by atoms with van der Waals surface area (Å²) in [7, 11) is 0. The van der Waals surface area contributed by atoms with E-state index in [1.165, 1.54) is 24.7 Å². The zero-order valence-electron chi connectivity index (χ0n) is 16.6. The molecule has 0 spiro atoms. The zero-order valence-corrected chi connectivity index (χ0v) is 17.4. The summed E-state index contributed by atoms with van der Waals surface area (Å²) in [5.74, 6) is -1.37. The van der Waals surface area contributed by atoms with E-state index in [9.17, 15) is 14.4 Å². The number of carbonyl (C=O) groups is 3. The number of nitrogens with one attached hydrogen (secondary N) is 2. The number of ether oxygens (including phenoxy) is 1. The number of benzene rings is 1. The lowest BCUT2D eigenvalue weighted by Gasteiger charge is -2.23. The highest BCUT2D eigenvalue weighted by atomic mass is 32.1. The van der Waals surface area contributed by atoms with Gasteiger partial charge < -0.3 is 10.1 Å². The van der Waals surface area contributed by atoms with Crippen molar-refractivity contribution in [2.45, 2.75) is 58.1 Å². The number of esters is 1. The van der Waals surface area contributed by atoms with E-state index in [0.717, 1.165) is 36.8 Å². The number of thiazole rings is 1. The molecule has 2 N–H and O–H groups in total. The van der Waals surface area contributed by atoms with Crippen molar-refractivity contribution < 1.29 is 19.1 Å². The number of aromatic nitrogens is 1. The maximum Gasteiger partial charge on any atom is 0.358 e. The third-order valence-corrected chi connectivity index (χ3v) is 5.73. The molecule has 0 unspecified atom stereocenters. The van der Waals surface area contributed by atoms with E-state index < -0.39 is 24.0 Å². The Morgan fingerprint density at radius 3 is 2.52 bits per heavy atom. The lowest BCUT2D eigenvalue weighted by Crippen LogP contribution is -2.48. The molecule has 1 atom stereocenters. The first kappa shape index (κ1) is 21.0. The van der Waals surface area contributed by atoms with Crippen molar-refractivity contribution in [1.82, 2.24) is 15.6 Å². The SMILES string of the molecule is Cc1ccc(-c2nc(C(=O)O[C@H](C)C(=O)NC(=O)NC3CCCCC3)cs2)cc1. The Morgan fingerprint density at radius 1 is 1.14 bits per heavy atom. The molecule has 2 aromatic rings. The van der Waals surface area contributed by atoms with Crippen LogP contribution in [0, 0.1) is 6.92 Å². The molecule has 1 saturated carbocycles. The van der Waals surface area contributed by atoms with Gasteiger partial charge in [0, 0.05) is 17.0 Å². The van der Waals surface area contributed by atoms with Crippen LogP contribution in [0.5, 0.6) is 0 Å².